The van der Waals surface area contributed by atoms with Crippen LogP contribution in [0.1, 0.15) is 82.4 Å². The highest BCUT2D eigenvalue weighted by Crippen LogP contribution is 2.34. The van der Waals surface area contributed by atoms with Crippen molar-refractivity contribution in [1.82, 2.24) is 19.9 Å². The molecular formula is C35H47N5O2. The summed E-state index contributed by atoms with van der Waals surface area (Å²) >= 11 is 0. The fraction of sp³-hybridized carbons (Fsp3) is 0.571. The number of ether oxygens (including phenoxy) is 1. The van der Waals surface area contributed by atoms with Crippen LogP contribution in [0, 0.1) is 11.8 Å². The second-order valence-electron chi connectivity index (χ2n) is 12.6. The van der Waals surface area contributed by atoms with Crippen LogP contribution in [-0.2, 0) is 16.0 Å². The number of aromatic amines is 1. The van der Waals surface area contributed by atoms with Gasteiger partial charge in [-0.3, -0.25) is 4.79 Å². The van der Waals surface area contributed by atoms with E-state index in [2.05, 4.69) is 46.3 Å². The first-order valence-corrected chi connectivity index (χ1v) is 16.4. The first-order chi connectivity index (χ1) is 20.6. The van der Waals surface area contributed by atoms with Gasteiger partial charge in [0.1, 0.15) is 0 Å². The number of carbonyl (C=O) groups is 1. The zero-order valence-corrected chi connectivity index (χ0v) is 25.3. The van der Waals surface area contributed by atoms with E-state index >= 15 is 0 Å². The summed E-state index contributed by atoms with van der Waals surface area (Å²) < 4.78 is 5.62. The zero-order valence-electron chi connectivity index (χ0n) is 25.3. The maximum absolute atomic E-state index is 11.7. The molecule has 0 saturated carbocycles. The number of unbranched alkanes of at least 4 members (excludes halogenated alkanes) is 3. The molecule has 6 rings (SSSR count). The normalized spacial score (nSPS) is 21.3. The minimum absolute atomic E-state index is 0.240. The van der Waals surface area contributed by atoms with E-state index in [0.29, 0.717) is 5.92 Å². The molecule has 4 heterocycles. The number of likely N-dealkylation sites (tertiary alicyclic amines) is 1. The average Bonchev–Trinajstić information content (AvgIpc) is 3.21. The molecule has 7 nitrogen and oxygen atoms in total. The molecule has 7 heteroatoms. The Hall–Kier alpha value is -3.19. The summed E-state index contributed by atoms with van der Waals surface area (Å²) in [5, 5.41) is 1.22. The van der Waals surface area contributed by atoms with E-state index in [1.807, 2.05) is 11.1 Å². The molecule has 2 fully saturated rings. The lowest BCUT2D eigenvalue weighted by atomic mass is 9.91. The van der Waals surface area contributed by atoms with E-state index in [1.165, 1.54) is 74.4 Å². The van der Waals surface area contributed by atoms with Crippen molar-refractivity contribution in [3.8, 4) is 11.3 Å². The van der Waals surface area contributed by atoms with Crippen molar-refractivity contribution in [2.45, 2.75) is 77.6 Å². The van der Waals surface area contributed by atoms with Crippen LogP contribution >= 0.6 is 0 Å². The predicted molar refractivity (Wildman–Crippen MR) is 170 cm³/mol. The fourth-order valence-corrected chi connectivity index (χ4v) is 7.10. The Bertz CT molecular complexity index is 1370. The number of morpholine rings is 1. The number of anilines is 1. The average molecular weight is 570 g/mol. The van der Waals surface area contributed by atoms with Crippen LogP contribution in [0.2, 0.25) is 0 Å². The minimum Gasteiger partial charge on any atom is -0.378 e. The summed E-state index contributed by atoms with van der Waals surface area (Å²) in [5.74, 6) is 2.50. The number of hydrogen-bond donors (Lipinski definition) is 1. The molecular weight excluding hydrogens is 522 g/mol. The van der Waals surface area contributed by atoms with Gasteiger partial charge in [0.25, 0.3) is 0 Å². The number of nitrogens with zero attached hydrogens (tertiary/aromatic N) is 4. The van der Waals surface area contributed by atoms with Gasteiger partial charge in [0.2, 0.25) is 11.9 Å². The van der Waals surface area contributed by atoms with Crippen molar-refractivity contribution < 1.29 is 9.53 Å². The van der Waals surface area contributed by atoms with Gasteiger partial charge >= 0.3 is 0 Å². The Kier molecular flexibility index (Phi) is 9.54. The summed E-state index contributed by atoms with van der Waals surface area (Å²) in [6, 6.07) is 8.73. The molecule has 3 aromatic rings. The smallest absolute Gasteiger partial charge is 0.226 e. The van der Waals surface area contributed by atoms with Gasteiger partial charge in [0, 0.05) is 55.9 Å². The van der Waals surface area contributed by atoms with Gasteiger partial charge in [-0.25, -0.2) is 9.97 Å². The second kappa shape index (κ2) is 13.9. The SMILES string of the molecule is CC(=O)N1CCCC(CCCCCCC2CC=Cc3c(nc(N4CCOCC4)nc3-c3ccc4cc[nH]c4c3)C2)CC1. The number of benzene rings is 1. The van der Waals surface area contributed by atoms with Gasteiger partial charge in [0.05, 0.1) is 24.6 Å². The van der Waals surface area contributed by atoms with Crippen molar-refractivity contribution in [2.75, 3.05) is 44.3 Å². The molecule has 42 heavy (non-hydrogen) atoms. The van der Waals surface area contributed by atoms with E-state index in [4.69, 9.17) is 14.7 Å². The first-order valence-electron chi connectivity index (χ1n) is 16.4. The third-order valence-corrected chi connectivity index (χ3v) is 9.64. The monoisotopic (exact) mass is 569 g/mol. The van der Waals surface area contributed by atoms with Gasteiger partial charge in [0.15, 0.2) is 0 Å². The molecule has 224 valence electrons. The van der Waals surface area contributed by atoms with Crippen molar-refractivity contribution in [2.24, 2.45) is 11.8 Å². The van der Waals surface area contributed by atoms with Gasteiger partial charge in [-0.2, -0.15) is 0 Å². The Morgan fingerprint density at radius 1 is 0.976 bits per heavy atom. The van der Waals surface area contributed by atoms with E-state index in [0.717, 1.165) is 80.9 Å². The standard InChI is InChI=1S/C35H47N5O2/c1-26(41)39-18-7-11-27(16-19-39)8-4-2-3-5-9-28-10-6-12-31-33(24-28)37-35(40-20-22-42-23-21-40)38-34(31)30-14-13-29-15-17-36-32(29)25-30/h6,12-15,17,25,27-28,36H,2-5,7-11,16,18-24H2,1H3. The quantitative estimate of drug-likeness (QED) is 0.280. The molecule has 2 saturated heterocycles. The number of nitrogens with one attached hydrogen (secondary N) is 1. The lowest BCUT2D eigenvalue weighted by Crippen LogP contribution is -2.37. The molecule has 3 aliphatic rings. The molecule has 2 aromatic heterocycles. The maximum Gasteiger partial charge on any atom is 0.226 e. The highest BCUT2D eigenvalue weighted by Gasteiger charge is 2.24. The largest absolute Gasteiger partial charge is 0.378 e. The third kappa shape index (κ3) is 7.05. The number of H-pyrrole nitrogens is 1. The Morgan fingerprint density at radius 2 is 1.81 bits per heavy atom. The van der Waals surface area contributed by atoms with Gasteiger partial charge < -0.3 is 19.5 Å². The maximum atomic E-state index is 11.7. The molecule has 1 aliphatic carbocycles. The highest BCUT2D eigenvalue weighted by molar-refractivity contribution is 5.86. The van der Waals surface area contributed by atoms with E-state index in [1.54, 1.807) is 6.92 Å². The van der Waals surface area contributed by atoms with Crippen LogP contribution < -0.4 is 4.90 Å². The van der Waals surface area contributed by atoms with E-state index in [-0.39, 0.29) is 5.91 Å². The van der Waals surface area contributed by atoms with Crippen LogP contribution in [0.5, 0.6) is 0 Å². The van der Waals surface area contributed by atoms with E-state index < -0.39 is 0 Å². The summed E-state index contributed by atoms with van der Waals surface area (Å²) in [5.41, 5.74) is 5.70. The molecule has 0 radical (unpaired) electrons. The van der Waals surface area contributed by atoms with Crippen LogP contribution in [0.4, 0.5) is 5.95 Å². The number of allylic oxidation sites excluding steroid dienone is 1. The molecule has 1 N–H and O–H groups in total. The highest BCUT2D eigenvalue weighted by atomic mass is 16.5. The van der Waals surface area contributed by atoms with Crippen molar-refractivity contribution in [3.63, 3.8) is 0 Å². The number of amides is 1. The molecule has 1 amide bonds. The summed E-state index contributed by atoms with van der Waals surface area (Å²) in [7, 11) is 0. The lowest BCUT2D eigenvalue weighted by molar-refractivity contribution is -0.128. The molecule has 2 atom stereocenters. The number of hydrogen-bond acceptors (Lipinski definition) is 5. The van der Waals surface area contributed by atoms with Gasteiger partial charge in [-0.05, 0) is 67.9 Å². The van der Waals surface area contributed by atoms with Crippen LogP contribution in [0.3, 0.4) is 0 Å². The first kappa shape index (κ1) is 28.9. The zero-order chi connectivity index (χ0) is 28.7. The van der Waals surface area contributed by atoms with Crippen molar-refractivity contribution in [3.05, 3.63) is 47.8 Å². The number of rotatable bonds is 9. The number of carbonyl (C=O) groups excluding carboxylic acids is 1. The topological polar surface area (TPSA) is 74.3 Å². The van der Waals surface area contributed by atoms with Crippen LogP contribution in [-0.4, -0.2) is 65.2 Å². The number of aromatic nitrogens is 3. The summed E-state index contributed by atoms with van der Waals surface area (Å²) in [6.07, 6.45) is 20.2. The van der Waals surface area contributed by atoms with Gasteiger partial charge in [-0.1, -0.05) is 56.4 Å². The summed E-state index contributed by atoms with van der Waals surface area (Å²) in [6.45, 7) is 6.74. The molecule has 1 aromatic carbocycles. The summed E-state index contributed by atoms with van der Waals surface area (Å²) in [4.78, 5) is 29.8. The Morgan fingerprint density at radius 3 is 2.64 bits per heavy atom. The third-order valence-electron chi connectivity index (χ3n) is 9.64. The van der Waals surface area contributed by atoms with Gasteiger partial charge in [-0.15, -0.1) is 0 Å². The van der Waals surface area contributed by atoms with Crippen LogP contribution in [0.15, 0.2) is 36.5 Å². The van der Waals surface area contributed by atoms with Crippen molar-refractivity contribution >= 4 is 28.8 Å². The van der Waals surface area contributed by atoms with Crippen LogP contribution in [0.25, 0.3) is 28.2 Å². The molecule has 0 bridgehead atoms. The predicted octanol–water partition coefficient (Wildman–Crippen LogP) is 7.03. The lowest BCUT2D eigenvalue weighted by Gasteiger charge is -2.28. The molecule has 2 aliphatic heterocycles. The minimum atomic E-state index is 0.240. The Balaban J connectivity index is 1.08. The van der Waals surface area contributed by atoms with Crippen molar-refractivity contribution in [1.29, 1.82) is 0 Å². The fourth-order valence-electron chi connectivity index (χ4n) is 7.10. The molecule has 0 spiro atoms. The second-order valence-corrected chi connectivity index (χ2v) is 12.6. The number of fused-ring (bicyclic) bond motifs is 2. The molecule has 2 unspecified atom stereocenters. The van der Waals surface area contributed by atoms with E-state index in [9.17, 15) is 4.79 Å². The Labute approximate surface area is 250 Å².